The Kier molecular flexibility index (Phi) is 4.24. The van der Waals surface area contributed by atoms with Gasteiger partial charge in [0.15, 0.2) is 0 Å². The van der Waals surface area contributed by atoms with E-state index in [1.54, 1.807) is 6.08 Å². The van der Waals surface area contributed by atoms with Crippen LogP contribution in [-0.2, 0) is 0 Å². The molecule has 0 aliphatic carbocycles. The van der Waals surface area contributed by atoms with Gasteiger partial charge >= 0.3 is 0 Å². The average molecular weight is 140 g/mol. The number of rotatable bonds is 2. The van der Waals surface area contributed by atoms with Crippen molar-refractivity contribution in [3.8, 4) is 0 Å². The molecule has 9 heavy (non-hydrogen) atoms. The molecular weight excluding hydrogens is 128 g/mol. The molecule has 0 aromatic rings. The first kappa shape index (κ1) is 8.57. The highest BCUT2D eigenvalue weighted by Gasteiger charge is 1.87. The van der Waals surface area contributed by atoms with Gasteiger partial charge in [-0.2, -0.15) is 0 Å². The molecule has 0 saturated heterocycles. The maximum absolute atomic E-state index is 4.21. The molecule has 0 fully saturated rings. The van der Waals surface area contributed by atoms with Crippen LogP contribution in [-0.4, -0.2) is 0 Å². The van der Waals surface area contributed by atoms with Gasteiger partial charge in [-0.1, -0.05) is 18.7 Å². The minimum absolute atomic E-state index is 0.979. The summed E-state index contributed by atoms with van der Waals surface area (Å²) < 4.78 is 0. The maximum Gasteiger partial charge on any atom is 0.00657 e. The number of thiol groups is 1. The van der Waals surface area contributed by atoms with Crippen LogP contribution in [0.1, 0.15) is 13.8 Å². The molecule has 0 saturated carbocycles. The zero-order chi connectivity index (χ0) is 7.28. The van der Waals surface area contributed by atoms with E-state index in [4.69, 9.17) is 0 Å². The van der Waals surface area contributed by atoms with Crippen molar-refractivity contribution in [1.82, 2.24) is 0 Å². The zero-order valence-corrected chi connectivity index (χ0v) is 6.78. The summed E-state index contributed by atoms with van der Waals surface area (Å²) in [6.07, 6.45) is 5.62. The van der Waals surface area contributed by atoms with Crippen LogP contribution in [0.5, 0.6) is 0 Å². The highest BCUT2D eigenvalue weighted by molar-refractivity contribution is 7.84. The Morgan fingerprint density at radius 1 is 1.56 bits per heavy atom. The minimum atomic E-state index is 0.979. The van der Waals surface area contributed by atoms with E-state index >= 15 is 0 Å². The van der Waals surface area contributed by atoms with Crippen LogP contribution in [0, 0.1) is 0 Å². The van der Waals surface area contributed by atoms with Crippen molar-refractivity contribution in [2.45, 2.75) is 13.8 Å². The quantitative estimate of drug-likeness (QED) is 0.442. The van der Waals surface area contributed by atoms with Crippen LogP contribution in [0.15, 0.2) is 35.3 Å². The summed E-state index contributed by atoms with van der Waals surface area (Å²) >= 11 is 4.21. The SMILES string of the molecule is C=C/C=C(S)\C(C)=C/C. The second kappa shape index (κ2) is 4.45. The Labute approximate surface area is 62.4 Å². The standard InChI is InChI=1S/C8H12S/c1-4-6-8(9)7(3)5-2/h4-6,9H,1H2,2-3H3/b7-5-,8-6+. The average Bonchev–Trinajstić information content (AvgIpc) is 1.87. The second-order valence-electron chi connectivity index (χ2n) is 1.76. The Bertz CT molecular complexity index is 152. The lowest BCUT2D eigenvalue weighted by molar-refractivity contribution is 1.46. The van der Waals surface area contributed by atoms with Gasteiger partial charge in [-0.3, -0.25) is 0 Å². The predicted octanol–water partition coefficient (Wildman–Crippen LogP) is 2.95. The fourth-order valence-corrected chi connectivity index (χ4v) is 0.625. The van der Waals surface area contributed by atoms with Gasteiger partial charge in [0.1, 0.15) is 0 Å². The Morgan fingerprint density at radius 3 is 2.44 bits per heavy atom. The summed E-state index contributed by atoms with van der Waals surface area (Å²) in [5.74, 6) is 0. The van der Waals surface area contributed by atoms with E-state index in [0.29, 0.717) is 0 Å². The van der Waals surface area contributed by atoms with Gasteiger partial charge in [-0.05, 0) is 25.5 Å². The topological polar surface area (TPSA) is 0 Å². The summed E-state index contributed by atoms with van der Waals surface area (Å²) in [5.41, 5.74) is 1.18. The zero-order valence-electron chi connectivity index (χ0n) is 5.89. The van der Waals surface area contributed by atoms with E-state index in [1.807, 2.05) is 26.0 Å². The number of hydrogen-bond donors (Lipinski definition) is 1. The van der Waals surface area contributed by atoms with Crippen LogP contribution < -0.4 is 0 Å². The van der Waals surface area contributed by atoms with E-state index in [9.17, 15) is 0 Å². The van der Waals surface area contributed by atoms with Crippen molar-refractivity contribution < 1.29 is 0 Å². The fourth-order valence-electron chi connectivity index (χ4n) is 0.391. The second-order valence-corrected chi connectivity index (χ2v) is 2.24. The lowest BCUT2D eigenvalue weighted by atomic mass is 10.2. The summed E-state index contributed by atoms with van der Waals surface area (Å²) in [5, 5.41) is 0. The van der Waals surface area contributed by atoms with Crippen LogP contribution in [0.2, 0.25) is 0 Å². The molecule has 0 nitrogen and oxygen atoms in total. The first-order valence-electron chi connectivity index (χ1n) is 2.87. The molecule has 0 N–H and O–H groups in total. The lowest BCUT2D eigenvalue weighted by Gasteiger charge is -1.94. The first-order valence-corrected chi connectivity index (χ1v) is 3.32. The predicted molar refractivity (Wildman–Crippen MR) is 46.7 cm³/mol. The smallest absolute Gasteiger partial charge is 0.00657 e. The molecule has 0 atom stereocenters. The molecule has 0 aliphatic heterocycles. The normalized spacial score (nSPS) is 13.7. The number of hydrogen-bond acceptors (Lipinski definition) is 1. The van der Waals surface area contributed by atoms with Crippen molar-refractivity contribution in [2.24, 2.45) is 0 Å². The van der Waals surface area contributed by atoms with E-state index in [1.165, 1.54) is 5.57 Å². The van der Waals surface area contributed by atoms with Gasteiger partial charge in [0.2, 0.25) is 0 Å². The van der Waals surface area contributed by atoms with Gasteiger partial charge in [-0.25, -0.2) is 0 Å². The summed E-state index contributed by atoms with van der Waals surface area (Å²) in [6, 6.07) is 0. The van der Waals surface area contributed by atoms with E-state index in [0.717, 1.165) is 4.91 Å². The largest absolute Gasteiger partial charge is 0.143 e. The minimum Gasteiger partial charge on any atom is -0.143 e. The van der Waals surface area contributed by atoms with Gasteiger partial charge in [0.25, 0.3) is 0 Å². The Balaban J connectivity index is 4.19. The van der Waals surface area contributed by atoms with Gasteiger partial charge in [0, 0.05) is 4.91 Å². The van der Waals surface area contributed by atoms with Crippen LogP contribution in [0.25, 0.3) is 0 Å². The maximum atomic E-state index is 4.21. The summed E-state index contributed by atoms with van der Waals surface area (Å²) in [7, 11) is 0. The molecule has 0 heterocycles. The molecule has 0 radical (unpaired) electrons. The lowest BCUT2D eigenvalue weighted by Crippen LogP contribution is -1.71. The van der Waals surface area contributed by atoms with Gasteiger partial charge in [0.05, 0.1) is 0 Å². The number of allylic oxidation sites excluding steroid dienone is 4. The van der Waals surface area contributed by atoms with Gasteiger partial charge in [-0.15, -0.1) is 12.6 Å². The van der Waals surface area contributed by atoms with Crippen molar-refractivity contribution in [3.05, 3.63) is 35.3 Å². The van der Waals surface area contributed by atoms with Crippen molar-refractivity contribution in [1.29, 1.82) is 0 Å². The van der Waals surface area contributed by atoms with Crippen LogP contribution in [0.3, 0.4) is 0 Å². The summed E-state index contributed by atoms with van der Waals surface area (Å²) in [4.78, 5) is 0.979. The molecule has 0 amide bonds. The molecule has 0 rings (SSSR count). The molecule has 0 aliphatic rings. The molecule has 0 unspecified atom stereocenters. The highest BCUT2D eigenvalue weighted by atomic mass is 32.1. The first-order chi connectivity index (χ1) is 4.22. The molecular formula is C8H12S. The third-order valence-electron chi connectivity index (χ3n) is 1.11. The fraction of sp³-hybridized carbons (Fsp3) is 0.250. The van der Waals surface area contributed by atoms with Crippen LogP contribution in [0.4, 0.5) is 0 Å². The molecule has 0 spiro atoms. The third-order valence-corrected chi connectivity index (χ3v) is 1.61. The monoisotopic (exact) mass is 140 g/mol. The summed E-state index contributed by atoms with van der Waals surface area (Å²) in [6.45, 7) is 7.57. The van der Waals surface area contributed by atoms with E-state index in [2.05, 4.69) is 19.2 Å². The van der Waals surface area contributed by atoms with Gasteiger partial charge < -0.3 is 0 Å². The van der Waals surface area contributed by atoms with Crippen LogP contribution >= 0.6 is 12.6 Å². The van der Waals surface area contributed by atoms with E-state index < -0.39 is 0 Å². The molecule has 50 valence electrons. The highest BCUT2D eigenvalue weighted by Crippen LogP contribution is 2.12. The molecule has 0 aromatic heterocycles. The molecule has 0 bridgehead atoms. The Hall–Kier alpha value is -0.430. The van der Waals surface area contributed by atoms with Crippen molar-refractivity contribution in [2.75, 3.05) is 0 Å². The van der Waals surface area contributed by atoms with Crippen molar-refractivity contribution in [3.63, 3.8) is 0 Å². The third kappa shape index (κ3) is 3.20. The van der Waals surface area contributed by atoms with Crippen molar-refractivity contribution >= 4 is 12.6 Å². The molecule has 1 heteroatoms. The molecule has 0 aromatic carbocycles. The Morgan fingerprint density at radius 2 is 2.11 bits per heavy atom. The van der Waals surface area contributed by atoms with E-state index in [-0.39, 0.29) is 0 Å².